The van der Waals surface area contributed by atoms with Gasteiger partial charge in [0.2, 0.25) is 23.6 Å². The van der Waals surface area contributed by atoms with E-state index in [0.717, 1.165) is 11.1 Å². The van der Waals surface area contributed by atoms with E-state index in [1.165, 1.54) is 12.1 Å². The zero-order chi connectivity index (χ0) is 24.7. The van der Waals surface area contributed by atoms with Crippen LogP contribution in [0.1, 0.15) is 0 Å². The van der Waals surface area contributed by atoms with Crippen LogP contribution in [0.2, 0.25) is 0 Å². The van der Waals surface area contributed by atoms with Crippen LogP contribution in [0.5, 0.6) is 11.5 Å². The Kier molecular flexibility index (Phi) is 8.18. The number of benzene rings is 4. The van der Waals surface area contributed by atoms with Crippen molar-refractivity contribution < 1.29 is 38.5 Å². The van der Waals surface area contributed by atoms with Gasteiger partial charge in [-0.05, 0) is 24.3 Å². The summed E-state index contributed by atoms with van der Waals surface area (Å²) in [5.74, 6) is 1.07. The fraction of sp³-hybridized carbons (Fsp3) is 0. The maximum absolute atomic E-state index is 11.6. The molecule has 0 amide bonds. The van der Waals surface area contributed by atoms with Gasteiger partial charge in [0, 0.05) is 22.3 Å². The first-order valence-corrected chi connectivity index (χ1v) is 11.0. The van der Waals surface area contributed by atoms with Gasteiger partial charge in [0.05, 0.1) is 0 Å². The second-order valence-corrected chi connectivity index (χ2v) is 7.55. The molecule has 6 rings (SSSR count). The quantitative estimate of drug-likeness (QED) is 0.288. The van der Waals surface area contributed by atoms with Crippen LogP contribution in [0.25, 0.3) is 45.8 Å². The Morgan fingerprint density at radius 2 is 0.730 bits per heavy atom. The number of para-hydroxylation sites is 2. The van der Waals surface area contributed by atoms with Crippen molar-refractivity contribution in [3.63, 3.8) is 0 Å². The Balaban J connectivity index is 0.000000168. The largest absolute Gasteiger partial charge is 2.00 e. The molecule has 0 aliphatic rings. The van der Waals surface area contributed by atoms with E-state index < -0.39 is 0 Å². The summed E-state index contributed by atoms with van der Waals surface area (Å²) in [6.07, 6.45) is 0. The molecule has 4 aromatic carbocycles. The molecule has 2 heterocycles. The van der Waals surface area contributed by atoms with E-state index in [1.54, 1.807) is 36.4 Å². The molecule has 9 heteroatoms. The van der Waals surface area contributed by atoms with E-state index in [4.69, 9.17) is 8.83 Å². The average molecular weight is 540 g/mol. The van der Waals surface area contributed by atoms with Crippen LogP contribution in [0.15, 0.2) is 118 Å². The Labute approximate surface area is 225 Å². The summed E-state index contributed by atoms with van der Waals surface area (Å²) in [5.41, 5.74) is 2.51. The Morgan fingerprint density at radius 3 is 1.11 bits per heavy atom. The van der Waals surface area contributed by atoms with Crippen molar-refractivity contribution >= 4 is 0 Å². The first kappa shape index (κ1) is 25.5. The van der Waals surface area contributed by atoms with Gasteiger partial charge < -0.3 is 19.0 Å². The van der Waals surface area contributed by atoms with E-state index in [-0.39, 0.29) is 42.8 Å². The summed E-state index contributed by atoms with van der Waals surface area (Å²) in [4.78, 5) is 0. The number of hydrogen-bond acceptors (Lipinski definition) is 8. The molecule has 0 N–H and O–H groups in total. The van der Waals surface area contributed by atoms with E-state index >= 15 is 0 Å². The van der Waals surface area contributed by atoms with Crippen molar-refractivity contribution in [3.05, 3.63) is 109 Å². The standard InChI is InChI=1S/2C14H10N2O2.Zn/c2*17-12-9-5-4-8-11(12)14-16-15-13(18-14)10-6-2-1-3-7-10;/h2*1-9,17H;/q;;+2/p-2. The normalized spacial score (nSPS) is 10.2. The van der Waals surface area contributed by atoms with E-state index in [2.05, 4.69) is 20.4 Å². The summed E-state index contributed by atoms with van der Waals surface area (Å²) in [5, 5.41) is 39.0. The SMILES string of the molecule is [O-]c1ccccc1-c1nnc(-c2ccccc2)o1.[O-]c1ccccc1-c1nnc(-c2ccccc2)o1.[Zn+2]. The molecule has 0 atom stereocenters. The van der Waals surface area contributed by atoms with Gasteiger partial charge in [-0.25, -0.2) is 0 Å². The van der Waals surface area contributed by atoms with E-state index in [1.807, 2.05) is 60.7 Å². The van der Waals surface area contributed by atoms with Crippen LogP contribution in [-0.4, -0.2) is 20.4 Å². The van der Waals surface area contributed by atoms with Gasteiger partial charge in [0.15, 0.2) is 0 Å². The fourth-order valence-corrected chi connectivity index (χ4v) is 3.35. The zero-order valence-electron chi connectivity index (χ0n) is 19.5. The van der Waals surface area contributed by atoms with Crippen molar-refractivity contribution in [2.24, 2.45) is 0 Å². The molecule has 0 fully saturated rings. The predicted molar refractivity (Wildman–Crippen MR) is 129 cm³/mol. The second kappa shape index (κ2) is 11.9. The van der Waals surface area contributed by atoms with E-state index in [0.29, 0.717) is 22.9 Å². The van der Waals surface area contributed by atoms with Crippen LogP contribution >= 0.6 is 0 Å². The molecule has 176 valence electrons. The molecule has 0 saturated heterocycles. The first-order valence-electron chi connectivity index (χ1n) is 11.0. The predicted octanol–water partition coefficient (Wildman–Crippen LogP) is 4.95. The minimum absolute atomic E-state index is 0. The minimum atomic E-state index is -0.124. The van der Waals surface area contributed by atoms with E-state index in [9.17, 15) is 10.2 Å². The molecule has 6 aromatic rings. The molecular weight excluding hydrogens is 522 g/mol. The summed E-state index contributed by atoms with van der Waals surface area (Å²) < 4.78 is 11.0. The van der Waals surface area contributed by atoms with Crippen LogP contribution in [0.4, 0.5) is 0 Å². The van der Waals surface area contributed by atoms with Crippen LogP contribution in [0.3, 0.4) is 0 Å². The van der Waals surface area contributed by atoms with Gasteiger partial charge in [0.25, 0.3) is 0 Å². The molecule has 0 spiro atoms. The molecular formula is C28H18N4O4Zn. The molecule has 0 unspecified atom stereocenters. The molecule has 0 saturated carbocycles. The Morgan fingerprint density at radius 1 is 0.405 bits per heavy atom. The van der Waals surface area contributed by atoms with Crippen molar-refractivity contribution in [3.8, 4) is 57.3 Å². The third-order valence-electron chi connectivity index (χ3n) is 5.13. The molecule has 2 aromatic heterocycles. The average Bonchev–Trinajstić information content (AvgIpc) is 3.62. The minimum Gasteiger partial charge on any atom is -0.872 e. The van der Waals surface area contributed by atoms with Crippen molar-refractivity contribution in [1.82, 2.24) is 20.4 Å². The van der Waals surface area contributed by atoms with Crippen LogP contribution < -0.4 is 10.2 Å². The summed E-state index contributed by atoms with van der Waals surface area (Å²) in [7, 11) is 0. The van der Waals surface area contributed by atoms with Gasteiger partial charge in [-0.15, -0.1) is 20.4 Å². The van der Waals surface area contributed by atoms with Crippen molar-refractivity contribution in [1.29, 1.82) is 0 Å². The van der Waals surface area contributed by atoms with Gasteiger partial charge in [-0.1, -0.05) is 96.4 Å². The molecule has 0 radical (unpaired) electrons. The zero-order valence-corrected chi connectivity index (χ0v) is 22.5. The molecule has 0 bridgehead atoms. The topological polar surface area (TPSA) is 124 Å². The van der Waals surface area contributed by atoms with Gasteiger partial charge in [-0.3, -0.25) is 0 Å². The third kappa shape index (κ3) is 5.97. The van der Waals surface area contributed by atoms with Gasteiger partial charge >= 0.3 is 19.5 Å². The van der Waals surface area contributed by atoms with Crippen LogP contribution in [0, 0.1) is 0 Å². The number of rotatable bonds is 4. The summed E-state index contributed by atoms with van der Waals surface area (Å²) >= 11 is 0. The maximum Gasteiger partial charge on any atom is 2.00 e. The van der Waals surface area contributed by atoms with Crippen molar-refractivity contribution in [2.75, 3.05) is 0 Å². The van der Waals surface area contributed by atoms with Crippen LogP contribution in [-0.2, 0) is 19.5 Å². The monoisotopic (exact) mass is 538 g/mol. The summed E-state index contributed by atoms with van der Waals surface area (Å²) in [6.45, 7) is 0. The fourth-order valence-electron chi connectivity index (χ4n) is 3.35. The molecule has 8 nitrogen and oxygen atoms in total. The smallest absolute Gasteiger partial charge is 0.872 e. The third-order valence-corrected chi connectivity index (χ3v) is 5.13. The maximum atomic E-state index is 11.6. The number of nitrogens with zero attached hydrogens (tertiary/aromatic N) is 4. The molecule has 0 aliphatic heterocycles. The summed E-state index contributed by atoms with van der Waals surface area (Å²) in [6, 6.07) is 32.1. The van der Waals surface area contributed by atoms with Crippen molar-refractivity contribution in [2.45, 2.75) is 0 Å². The Bertz CT molecular complexity index is 1450. The molecule has 0 aliphatic carbocycles. The second-order valence-electron chi connectivity index (χ2n) is 7.55. The molecule has 37 heavy (non-hydrogen) atoms. The Hall–Kier alpha value is -4.62. The van der Waals surface area contributed by atoms with Gasteiger partial charge in [0.1, 0.15) is 0 Å². The van der Waals surface area contributed by atoms with Gasteiger partial charge in [-0.2, -0.15) is 0 Å². The first-order chi connectivity index (χ1) is 17.7. The number of aromatic nitrogens is 4. The number of hydrogen-bond donors (Lipinski definition) is 0.